The summed E-state index contributed by atoms with van der Waals surface area (Å²) in [6, 6.07) is 2.19. The standard InChI is InChI=1S/C10H17NS/c1-8(2)10(6-11)5-9-3-4-12-7-9/h3-4,7-8,10H,5-6,11H2,1-2H3. The zero-order valence-electron chi connectivity index (χ0n) is 7.79. The van der Waals surface area contributed by atoms with Gasteiger partial charge in [0.05, 0.1) is 0 Å². The van der Waals surface area contributed by atoms with E-state index in [1.54, 1.807) is 11.3 Å². The molecule has 0 fully saturated rings. The summed E-state index contributed by atoms with van der Waals surface area (Å²) in [5.41, 5.74) is 7.13. The van der Waals surface area contributed by atoms with Crippen LogP contribution in [-0.2, 0) is 6.42 Å². The molecule has 1 aromatic heterocycles. The zero-order valence-corrected chi connectivity index (χ0v) is 8.60. The molecule has 1 atom stereocenters. The Morgan fingerprint density at radius 3 is 2.67 bits per heavy atom. The van der Waals surface area contributed by atoms with Gasteiger partial charge in [-0.15, -0.1) is 0 Å². The molecule has 0 radical (unpaired) electrons. The van der Waals surface area contributed by atoms with Gasteiger partial charge in [-0.05, 0) is 47.2 Å². The minimum absolute atomic E-state index is 0.639. The van der Waals surface area contributed by atoms with E-state index in [2.05, 4.69) is 30.7 Å². The molecular weight excluding hydrogens is 166 g/mol. The van der Waals surface area contributed by atoms with Crippen LogP contribution >= 0.6 is 11.3 Å². The van der Waals surface area contributed by atoms with Crippen LogP contribution < -0.4 is 5.73 Å². The molecule has 0 bridgehead atoms. The van der Waals surface area contributed by atoms with Crippen molar-refractivity contribution in [3.63, 3.8) is 0 Å². The second-order valence-electron chi connectivity index (χ2n) is 3.58. The second-order valence-corrected chi connectivity index (χ2v) is 4.36. The fraction of sp³-hybridized carbons (Fsp3) is 0.600. The SMILES string of the molecule is CC(C)C(CN)Cc1ccsc1. The maximum absolute atomic E-state index is 5.69. The first-order chi connectivity index (χ1) is 5.74. The lowest BCUT2D eigenvalue weighted by Crippen LogP contribution is -2.21. The first-order valence-electron chi connectivity index (χ1n) is 4.45. The summed E-state index contributed by atoms with van der Waals surface area (Å²) in [6.45, 7) is 5.28. The Morgan fingerprint density at radius 1 is 1.50 bits per heavy atom. The molecule has 0 saturated carbocycles. The van der Waals surface area contributed by atoms with Gasteiger partial charge in [0.1, 0.15) is 0 Å². The Balaban J connectivity index is 2.48. The van der Waals surface area contributed by atoms with Crippen molar-refractivity contribution in [2.45, 2.75) is 20.3 Å². The van der Waals surface area contributed by atoms with Crippen molar-refractivity contribution in [3.8, 4) is 0 Å². The van der Waals surface area contributed by atoms with Crippen molar-refractivity contribution in [3.05, 3.63) is 22.4 Å². The maximum Gasteiger partial charge on any atom is -0.00432 e. The van der Waals surface area contributed by atoms with Crippen molar-refractivity contribution in [1.29, 1.82) is 0 Å². The fourth-order valence-electron chi connectivity index (χ4n) is 1.30. The van der Waals surface area contributed by atoms with E-state index in [1.165, 1.54) is 5.56 Å². The van der Waals surface area contributed by atoms with Gasteiger partial charge in [-0.3, -0.25) is 0 Å². The molecule has 0 aliphatic heterocycles. The van der Waals surface area contributed by atoms with E-state index in [1.807, 2.05) is 0 Å². The molecule has 12 heavy (non-hydrogen) atoms. The molecular formula is C10H17NS. The van der Waals surface area contributed by atoms with Crippen LogP contribution in [0.4, 0.5) is 0 Å². The summed E-state index contributed by atoms with van der Waals surface area (Å²) in [7, 11) is 0. The summed E-state index contributed by atoms with van der Waals surface area (Å²) in [5, 5.41) is 4.34. The van der Waals surface area contributed by atoms with Gasteiger partial charge in [-0.2, -0.15) is 11.3 Å². The van der Waals surface area contributed by atoms with Crippen molar-refractivity contribution in [2.75, 3.05) is 6.54 Å². The van der Waals surface area contributed by atoms with Crippen LogP contribution in [0.15, 0.2) is 16.8 Å². The molecule has 1 rings (SSSR count). The Hall–Kier alpha value is -0.340. The van der Waals surface area contributed by atoms with Crippen LogP contribution in [0.25, 0.3) is 0 Å². The third-order valence-corrected chi connectivity index (χ3v) is 3.06. The van der Waals surface area contributed by atoms with Crippen LogP contribution in [0.3, 0.4) is 0 Å². The number of hydrogen-bond acceptors (Lipinski definition) is 2. The number of hydrogen-bond donors (Lipinski definition) is 1. The molecule has 0 aromatic carbocycles. The Morgan fingerprint density at radius 2 is 2.25 bits per heavy atom. The van der Waals surface area contributed by atoms with Crippen molar-refractivity contribution >= 4 is 11.3 Å². The number of thiophene rings is 1. The van der Waals surface area contributed by atoms with E-state index in [0.717, 1.165) is 13.0 Å². The normalized spacial score (nSPS) is 13.7. The molecule has 1 aromatic rings. The highest BCUT2D eigenvalue weighted by Gasteiger charge is 2.11. The van der Waals surface area contributed by atoms with E-state index in [0.29, 0.717) is 11.8 Å². The minimum Gasteiger partial charge on any atom is -0.330 e. The molecule has 2 N–H and O–H groups in total. The molecule has 1 unspecified atom stereocenters. The summed E-state index contributed by atoms with van der Waals surface area (Å²) < 4.78 is 0. The molecule has 1 heterocycles. The predicted octanol–water partition coefficient (Wildman–Crippen LogP) is 2.52. The van der Waals surface area contributed by atoms with E-state index < -0.39 is 0 Å². The monoisotopic (exact) mass is 183 g/mol. The van der Waals surface area contributed by atoms with Gasteiger partial charge >= 0.3 is 0 Å². The van der Waals surface area contributed by atoms with Crippen LogP contribution in [0.5, 0.6) is 0 Å². The minimum atomic E-state index is 0.639. The summed E-state index contributed by atoms with van der Waals surface area (Å²) in [5.74, 6) is 1.33. The van der Waals surface area contributed by atoms with E-state index in [-0.39, 0.29) is 0 Å². The predicted molar refractivity (Wildman–Crippen MR) is 55.4 cm³/mol. The molecule has 2 heteroatoms. The Bertz CT molecular complexity index is 204. The smallest absolute Gasteiger partial charge is 0.00432 e. The molecule has 0 aliphatic rings. The van der Waals surface area contributed by atoms with Crippen molar-refractivity contribution < 1.29 is 0 Å². The van der Waals surface area contributed by atoms with Crippen molar-refractivity contribution in [1.82, 2.24) is 0 Å². The lowest BCUT2D eigenvalue weighted by atomic mass is 9.90. The van der Waals surface area contributed by atoms with Crippen LogP contribution in [0.2, 0.25) is 0 Å². The van der Waals surface area contributed by atoms with Gasteiger partial charge in [0.25, 0.3) is 0 Å². The van der Waals surface area contributed by atoms with Gasteiger partial charge in [-0.25, -0.2) is 0 Å². The average molecular weight is 183 g/mol. The Labute approximate surface area is 78.6 Å². The van der Waals surface area contributed by atoms with Crippen LogP contribution in [0, 0.1) is 11.8 Å². The summed E-state index contributed by atoms with van der Waals surface area (Å²) in [4.78, 5) is 0. The summed E-state index contributed by atoms with van der Waals surface area (Å²) in [6.07, 6.45) is 1.14. The molecule has 0 aliphatic carbocycles. The average Bonchev–Trinajstić information content (AvgIpc) is 2.51. The third kappa shape index (κ3) is 2.61. The molecule has 0 spiro atoms. The van der Waals surface area contributed by atoms with Gasteiger partial charge in [0.2, 0.25) is 0 Å². The third-order valence-electron chi connectivity index (χ3n) is 2.32. The second kappa shape index (κ2) is 4.63. The van der Waals surface area contributed by atoms with Crippen LogP contribution in [0.1, 0.15) is 19.4 Å². The van der Waals surface area contributed by atoms with Crippen molar-refractivity contribution in [2.24, 2.45) is 17.6 Å². The topological polar surface area (TPSA) is 26.0 Å². The highest BCUT2D eigenvalue weighted by molar-refractivity contribution is 7.07. The largest absolute Gasteiger partial charge is 0.330 e. The lowest BCUT2D eigenvalue weighted by molar-refractivity contribution is 0.392. The van der Waals surface area contributed by atoms with E-state index in [9.17, 15) is 0 Å². The van der Waals surface area contributed by atoms with Gasteiger partial charge in [-0.1, -0.05) is 13.8 Å². The van der Waals surface area contributed by atoms with Crippen LogP contribution in [-0.4, -0.2) is 6.54 Å². The van der Waals surface area contributed by atoms with E-state index in [4.69, 9.17) is 5.73 Å². The quantitative estimate of drug-likeness (QED) is 0.762. The Kier molecular flexibility index (Phi) is 3.76. The van der Waals surface area contributed by atoms with Gasteiger partial charge < -0.3 is 5.73 Å². The lowest BCUT2D eigenvalue weighted by Gasteiger charge is -2.17. The molecule has 1 nitrogen and oxygen atoms in total. The van der Waals surface area contributed by atoms with E-state index >= 15 is 0 Å². The first kappa shape index (κ1) is 9.75. The van der Waals surface area contributed by atoms with Gasteiger partial charge in [0, 0.05) is 0 Å². The molecule has 0 amide bonds. The highest BCUT2D eigenvalue weighted by Crippen LogP contribution is 2.17. The molecule has 68 valence electrons. The number of rotatable bonds is 4. The first-order valence-corrected chi connectivity index (χ1v) is 5.39. The number of nitrogens with two attached hydrogens (primary N) is 1. The van der Waals surface area contributed by atoms with Gasteiger partial charge in [0.15, 0.2) is 0 Å². The maximum atomic E-state index is 5.69. The summed E-state index contributed by atoms with van der Waals surface area (Å²) >= 11 is 1.76. The zero-order chi connectivity index (χ0) is 8.97. The fourth-order valence-corrected chi connectivity index (χ4v) is 1.98. The highest BCUT2D eigenvalue weighted by atomic mass is 32.1. The molecule has 0 saturated heterocycles.